The Bertz CT molecular complexity index is 454. The van der Waals surface area contributed by atoms with Crippen LogP contribution in [0, 0.1) is 5.82 Å². The van der Waals surface area contributed by atoms with E-state index in [1.807, 2.05) is 0 Å². The molecule has 1 aromatic rings. The van der Waals surface area contributed by atoms with Crippen molar-refractivity contribution < 1.29 is 28.6 Å². The van der Waals surface area contributed by atoms with Crippen molar-refractivity contribution in [2.24, 2.45) is 0 Å². The van der Waals surface area contributed by atoms with Crippen molar-refractivity contribution in [3.63, 3.8) is 0 Å². The molecule has 0 aromatic heterocycles. The Balaban J connectivity index is 2.51. The Morgan fingerprint density at radius 2 is 2.07 bits per heavy atom. The molecular weight excluding hydrogens is 207 g/mol. The third kappa shape index (κ3) is 1.39. The molecule has 0 fully saturated rings. The van der Waals surface area contributed by atoms with E-state index >= 15 is 0 Å². The van der Waals surface area contributed by atoms with Crippen molar-refractivity contribution in [2.45, 2.75) is 0 Å². The third-order valence-electron chi connectivity index (χ3n) is 1.92. The third-order valence-corrected chi connectivity index (χ3v) is 1.92. The average Bonchev–Trinajstić information content (AvgIpc) is 2.66. The zero-order valence-electron chi connectivity index (χ0n) is 7.32. The molecule has 1 N–H and O–H groups in total. The Morgan fingerprint density at radius 1 is 1.33 bits per heavy atom. The van der Waals surface area contributed by atoms with Crippen LogP contribution in [0.5, 0.6) is 11.5 Å². The van der Waals surface area contributed by atoms with Crippen molar-refractivity contribution in [1.82, 2.24) is 0 Å². The fourth-order valence-corrected chi connectivity index (χ4v) is 1.23. The lowest BCUT2D eigenvalue weighted by Crippen LogP contribution is -2.14. The van der Waals surface area contributed by atoms with Crippen LogP contribution in [0.3, 0.4) is 0 Å². The highest BCUT2D eigenvalue weighted by atomic mass is 19.1. The summed E-state index contributed by atoms with van der Waals surface area (Å²) in [5.41, 5.74) is -0.535. The van der Waals surface area contributed by atoms with Gasteiger partial charge in [-0.3, -0.25) is 4.79 Å². The first-order chi connectivity index (χ1) is 7.11. The molecule has 0 bridgehead atoms. The number of ketones is 1. The van der Waals surface area contributed by atoms with Crippen LogP contribution in [0.4, 0.5) is 4.39 Å². The summed E-state index contributed by atoms with van der Waals surface area (Å²) in [6, 6.07) is 2.35. The monoisotopic (exact) mass is 212 g/mol. The van der Waals surface area contributed by atoms with E-state index in [2.05, 4.69) is 0 Å². The molecule has 6 heteroatoms. The number of ether oxygens (including phenoxy) is 2. The topological polar surface area (TPSA) is 72.8 Å². The quantitative estimate of drug-likeness (QED) is 0.580. The van der Waals surface area contributed by atoms with Crippen molar-refractivity contribution in [3.8, 4) is 11.5 Å². The summed E-state index contributed by atoms with van der Waals surface area (Å²) in [6.45, 7) is -0.142. The van der Waals surface area contributed by atoms with E-state index in [4.69, 9.17) is 14.6 Å². The fourth-order valence-electron chi connectivity index (χ4n) is 1.23. The van der Waals surface area contributed by atoms with Crippen LogP contribution < -0.4 is 9.47 Å². The number of hydrogen-bond acceptors (Lipinski definition) is 4. The molecular formula is C9H5FO5. The van der Waals surface area contributed by atoms with E-state index in [1.54, 1.807) is 0 Å². The number of carbonyl (C=O) groups is 2. The largest absolute Gasteiger partial charge is 0.475 e. The normalized spacial score (nSPS) is 12.6. The van der Waals surface area contributed by atoms with Crippen molar-refractivity contribution in [1.29, 1.82) is 0 Å². The zero-order chi connectivity index (χ0) is 11.0. The number of benzene rings is 1. The van der Waals surface area contributed by atoms with Crippen molar-refractivity contribution in [2.75, 3.05) is 6.79 Å². The minimum absolute atomic E-state index is 0.142. The highest BCUT2D eigenvalue weighted by molar-refractivity contribution is 6.40. The van der Waals surface area contributed by atoms with Gasteiger partial charge in [0.1, 0.15) is 0 Å². The van der Waals surface area contributed by atoms with E-state index in [1.165, 1.54) is 6.07 Å². The van der Waals surface area contributed by atoms with Gasteiger partial charge in [0.2, 0.25) is 12.5 Å². The van der Waals surface area contributed by atoms with E-state index in [-0.39, 0.29) is 18.3 Å². The molecule has 0 amide bonds. The average molecular weight is 212 g/mol. The minimum Gasteiger partial charge on any atom is -0.475 e. The molecule has 15 heavy (non-hydrogen) atoms. The number of fused-ring (bicyclic) bond motifs is 1. The summed E-state index contributed by atoms with van der Waals surface area (Å²) in [6.07, 6.45) is 0. The van der Waals surface area contributed by atoms with Gasteiger partial charge in [0.05, 0.1) is 5.56 Å². The van der Waals surface area contributed by atoms with Gasteiger partial charge in [-0.2, -0.15) is 0 Å². The van der Waals surface area contributed by atoms with Gasteiger partial charge in [0.25, 0.3) is 5.78 Å². The maximum Gasteiger partial charge on any atom is 0.377 e. The smallest absolute Gasteiger partial charge is 0.377 e. The molecule has 0 unspecified atom stereocenters. The van der Waals surface area contributed by atoms with E-state index in [0.29, 0.717) is 0 Å². The van der Waals surface area contributed by atoms with Gasteiger partial charge in [-0.1, -0.05) is 0 Å². The van der Waals surface area contributed by atoms with Gasteiger partial charge >= 0.3 is 5.97 Å². The maximum atomic E-state index is 13.5. The molecule has 0 atom stereocenters. The molecule has 1 heterocycles. The summed E-state index contributed by atoms with van der Waals surface area (Å²) >= 11 is 0. The van der Waals surface area contributed by atoms with E-state index < -0.39 is 23.1 Å². The van der Waals surface area contributed by atoms with Gasteiger partial charge in [-0.05, 0) is 12.1 Å². The number of hydrogen-bond donors (Lipinski definition) is 1. The highest BCUT2D eigenvalue weighted by Gasteiger charge is 2.26. The van der Waals surface area contributed by atoms with Crippen molar-refractivity contribution >= 4 is 11.8 Å². The molecule has 0 saturated carbocycles. The molecule has 0 aliphatic carbocycles. The molecule has 1 aromatic carbocycles. The maximum absolute atomic E-state index is 13.5. The second-order valence-corrected chi connectivity index (χ2v) is 2.80. The highest BCUT2D eigenvalue weighted by Crippen LogP contribution is 2.36. The molecule has 0 saturated heterocycles. The lowest BCUT2D eigenvalue weighted by molar-refractivity contribution is -0.131. The standard InChI is InChI=1S/C9H5FO5/c10-6-4(7(11)9(12)13)1-2-5-8(6)15-3-14-5/h1-2H,3H2,(H,12,13). The van der Waals surface area contributed by atoms with Crippen LogP contribution in [0.2, 0.25) is 0 Å². The summed E-state index contributed by atoms with van der Waals surface area (Å²) in [5.74, 6) is -4.09. The predicted molar refractivity (Wildman–Crippen MR) is 44.5 cm³/mol. The SMILES string of the molecule is O=C(O)C(=O)c1ccc2c(c1F)OCO2. The number of aliphatic carboxylic acids is 1. The van der Waals surface area contributed by atoms with Gasteiger partial charge in [-0.25, -0.2) is 9.18 Å². The molecule has 1 aliphatic heterocycles. The Labute approximate surface area is 83.0 Å². The summed E-state index contributed by atoms with van der Waals surface area (Å²) in [7, 11) is 0. The first kappa shape index (κ1) is 9.45. The van der Waals surface area contributed by atoms with Crippen LogP contribution in [0.1, 0.15) is 10.4 Å². The number of Topliss-reactive ketones (excluding diaryl/α,β-unsaturated/α-hetero) is 1. The molecule has 2 rings (SSSR count). The zero-order valence-corrected chi connectivity index (χ0v) is 7.32. The number of halogens is 1. The fraction of sp³-hybridized carbons (Fsp3) is 0.111. The summed E-state index contributed by atoms with van der Waals surface area (Å²) < 4.78 is 23.1. The molecule has 1 aliphatic rings. The predicted octanol–water partition coefficient (Wildman–Crippen LogP) is 0.822. The summed E-state index contributed by atoms with van der Waals surface area (Å²) in [5, 5.41) is 8.42. The van der Waals surface area contributed by atoms with Crippen molar-refractivity contribution in [3.05, 3.63) is 23.5 Å². The van der Waals surface area contributed by atoms with E-state index in [0.717, 1.165) is 6.07 Å². The lowest BCUT2D eigenvalue weighted by Gasteiger charge is -2.01. The molecule has 78 valence electrons. The van der Waals surface area contributed by atoms with Gasteiger partial charge in [0.15, 0.2) is 11.6 Å². The number of carboxylic acid groups (broad SMARTS) is 1. The van der Waals surface area contributed by atoms with E-state index in [9.17, 15) is 14.0 Å². The van der Waals surface area contributed by atoms with Gasteiger partial charge in [-0.15, -0.1) is 0 Å². The second kappa shape index (κ2) is 3.23. The van der Waals surface area contributed by atoms with Crippen LogP contribution >= 0.6 is 0 Å². The Kier molecular flexibility index (Phi) is 2.03. The second-order valence-electron chi connectivity index (χ2n) is 2.80. The van der Waals surface area contributed by atoms with Crippen LogP contribution in [0.25, 0.3) is 0 Å². The molecule has 5 nitrogen and oxygen atoms in total. The lowest BCUT2D eigenvalue weighted by atomic mass is 10.1. The summed E-state index contributed by atoms with van der Waals surface area (Å²) in [4.78, 5) is 21.4. The van der Waals surface area contributed by atoms with Gasteiger partial charge < -0.3 is 14.6 Å². The Morgan fingerprint density at radius 3 is 2.73 bits per heavy atom. The van der Waals surface area contributed by atoms with Crippen LogP contribution in [-0.2, 0) is 4.79 Å². The number of carbonyl (C=O) groups excluding carboxylic acids is 1. The van der Waals surface area contributed by atoms with Crippen LogP contribution in [-0.4, -0.2) is 23.7 Å². The molecule has 0 radical (unpaired) electrons. The van der Waals surface area contributed by atoms with Crippen LogP contribution in [0.15, 0.2) is 12.1 Å². The first-order valence-electron chi connectivity index (χ1n) is 3.97. The number of carboxylic acids is 1. The minimum atomic E-state index is -1.72. The molecule has 0 spiro atoms. The van der Waals surface area contributed by atoms with Gasteiger partial charge in [0, 0.05) is 0 Å². The number of rotatable bonds is 2. The first-order valence-corrected chi connectivity index (χ1v) is 3.97. The Hall–Kier alpha value is -2.11.